The van der Waals surface area contributed by atoms with Gasteiger partial charge >= 0.3 is 0 Å². The lowest BCUT2D eigenvalue weighted by atomic mass is 9.88. The molecule has 1 atom stereocenters. The molecule has 2 N–H and O–H groups in total. The summed E-state index contributed by atoms with van der Waals surface area (Å²) >= 11 is 5.99. The van der Waals surface area contributed by atoms with E-state index in [-0.39, 0.29) is 11.8 Å². The summed E-state index contributed by atoms with van der Waals surface area (Å²) in [5.74, 6) is 1.07. The quantitative estimate of drug-likeness (QED) is 0.839. The zero-order valence-corrected chi connectivity index (χ0v) is 14.3. The van der Waals surface area contributed by atoms with Crippen molar-refractivity contribution >= 4 is 23.2 Å². The Morgan fingerprint density at radius 3 is 2.79 bits per heavy atom. The third kappa shape index (κ3) is 4.08. The van der Waals surface area contributed by atoms with Crippen molar-refractivity contribution in [1.29, 1.82) is 0 Å². The molecule has 0 spiro atoms. The maximum atomic E-state index is 12.4. The van der Waals surface area contributed by atoms with Crippen LogP contribution in [0.4, 0.5) is 5.69 Å². The molecule has 0 bridgehead atoms. The third-order valence-corrected chi connectivity index (χ3v) is 4.60. The lowest BCUT2D eigenvalue weighted by Gasteiger charge is -2.31. The first-order chi connectivity index (χ1) is 11.6. The van der Waals surface area contributed by atoms with E-state index in [0.717, 1.165) is 18.7 Å². The van der Waals surface area contributed by atoms with Crippen LogP contribution in [0.25, 0.3) is 0 Å². The molecule has 2 aromatic carbocycles. The van der Waals surface area contributed by atoms with Crippen molar-refractivity contribution in [2.45, 2.75) is 13.5 Å². The summed E-state index contributed by atoms with van der Waals surface area (Å²) in [6, 6.07) is 15.0. The molecule has 0 radical (unpaired) electrons. The highest BCUT2D eigenvalue weighted by atomic mass is 35.5. The van der Waals surface area contributed by atoms with Crippen LogP contribution in [0.5, 0.6) is 5.75 Å². The minimum absolute atomic E-state index is 0.0211. The summed E-state index contributed by atoms with van der Waals surface area (Å²) in [6.45, 7) is 4.18. The molecule has 0 aliphatic carbocycles. The average Bonchev–Trinajstić information content (AvgIpc) is 2.52. The molecule has 4 nitrogen and oxygen atoms in total. The fourth-order valence-electron chi connectivity index (χ4n) is 2.61. The molecule has 24 heavy (non-hydrogen) atoms. The van der Waals surface area contributed by atoms with Gasteiger partial charge in [-0.25, -0.2) is 0 Å². The van der Waals surface area contributed by atoms with Gasteiger partial charge in [0.1, 0.15) is 12.4 Å². The van der Waals surface area contributed by atoms with Crippen LogP contribution in [0, 0.1) is 11.8 Å². The molecule has 1 aliphatic rings. The topological polar surface area (TPSA) is 50.4 Å². The highest BCUT2D eigenvalue weighted by molar-refractivity contribution is 6.30. The number of ether oxygens (including phenoxy) is 1. The van der Waals surface area contributed by atoms with Crippen molar-refractivity contribution in [3.8, 4) is 5.75 Å². The molecule has 1 amide bonds. The lowest BCUT2D eigenvalue weighted by Crippen LogP contribution is -2.48. The Hall–Kier alpha value is -2.04. The minimum atomic E-state index is -0.0211. The first-order valence-electron chi connectivity index (χ1n) is 8.11. The van der Waals surface area contributed by atoms with E-state index in [2.05, 4.69) is 10.6 Å². The number of carbonyl (C=O) groups excluding carboxylic acids is 1. The van der Waals surface area contributed by atoms with Crippen LogP contribution in [0.2, 0.25) is 5.02 Å². The first-order valence-corrected chi connectivity index (χ1v) is 8.49. The summed E-state index contributed by atoms with van der Waals surface area (Å²) in [5.41, 5.74) is 1.68. The normalized spacial score (nSPS) is 15.4. The number of amides is 1. The number of halogens is 1. The van der Waals surface area contributed by atoms with Crippen molar-refractivity contribution < 1.29 is 9.53 Å². The number of nitrogens with one attached hydrogen (secondary N) is 2. The van der Waals surface area contributed by atoms with Gasteiger partial charge in [-0.15, -0.1) is 0 Å². The molecule has 1 fully saturated rings. The standard InChI is InChI=1S/C19H21ClN2O2/c1-13(15-10-21-11-15)19(23)22-17-7-2-3-8-18(17)24-12-14-5-4-6-16(20)9-14/h2-9,13,15,21H,10-12H2,1H3,(H,22,23). The largest absolute Gasteiger partial charge is 0.487 e. The molecule has 1 saturated heterocycles. The van der Waals surface area contributed by atoms with E-state index >= 15 is 0 Å². The molecule has 3 rings (SSSR count). The second-order valence-electron chi connectivity index (χ2n) is 6.11. The molecule has 0 saturated carbocycles. The van der Waals surface area contributed by atoms with Gasteiger partial charge in [0, 0.05) is 10.9 Å². The summed E-state index contributed by atoms with van der Waals surface area (Å²) in [7, 11) is 0. The van der Waals surface area contributed by atoms with E-state index in [9.17, 15) is 4.79 Å². The van der Waals surface area contributed by atoms with E-state index in [1.165, 1.54) is 0 Å². The monoisotopic (exact) mass is 344 g/mol. The SMILES string of the molecule is CC(C(=O)Nc1ccccc1OCc1cccc(Cl)c1)C1CNC1. The Morgan fingerprint density at radius 2 is 2.08 bits per heavy atom. The lowest BCUT2D eigenvalue weighted by molar-refractivity contribution is -0.121. The van der Waals surface area contributed by atoms with E-state index < -0.39 is 0 Å². The van der Waals surface area contributed by atoms with Crippen LogP contribution >= 0.6 is 11.6 Å². The number of hydrogen-bond acceptors (Lipinski definition) is 3. The molecule has 5 heteroatoms. The van der Waals surface area contributed by atoms with Gasteiger partial charge in [0.25, 0.3) is 0 Å². The molecular formula is C19H21ClN2O2. The second-order valence-corrected chi connectivity index (χ2v) is 6.55. The predicted octanol–water partition coefficient (Wildman–Crippen LogP) is 3.71. The van der Waals surface area contributed by atoms with Crippen LogP contribution in [0.15, 0.2) is 48.5 Å². The maximum absolute atomic E-state index is 12.4. The van der Waals surface area contributed by atoms with Gasteiger partial charge in [-0.05, 0) is 48.8 Å². The highest BCUT2D eigenvalue weighted by Crippen LogP contribution is 2.27. The highest BCUT2D eigenvalue weighted by Gasteiger charge is 2.29. The number of para-hydroxylation sites is 2. The van der Waals surface area contributed by atoms with Crippen molar-refractivity contribution in [1.82, 2.24) is 5.32 Å². The number of anilines is 1. The van der Waals surface area contributed by atoms with Gasteiger partial charge in [-0.1, -0.05) is 42.8 Å². The Bertz CT molecular complexity index is 716. The second kappa shape index (κ2) is 7.69. The number of benzene rings is 2. The van der Waals surface area contributed by atoms with Gasteiger partial charge in [-0.3, -0.25) is 4.79 Å². The number of carbonyl (C=O) groups is 1. The minimum Gasteiger partial charge on any atom is -0.487 e. The zero-order valence-electron chi connectivity index (χ0n) is 13.6. The fraction of sp³-hybridized carbons (Fsp3) is 0.316. The summed E-state index contributed by atoms with van der Waals surface area (Å²) in [6.07, 6.45) is 0. The third-order valence-electron chi connectivity index (χ3n) is 4.36. The zero-order chi connectivity index (χ0) is 16.9. The molecule has 0 aromatic heterocycles. The van der Waals surface area contributed by atoms with Crippen LogP contribution in [0.1, 0.15) is 12.5 Å². The Morgan fingerprint density at radius 1 is 1.29 bits per heavy atom. The van der Waals surface area contributed by atoms with Crippen LogP contribution in [-0.2, 0) is 11.4 Å². The Kier molecular flexibility index (Phi) is 5.38. The predicted molar refractivity (Wildman–Crippen MR) is 96.4 cm³/mol. The van der Waals surface area contributed by atoms with E-state index in [1.807, 2.05) is 55.5 Å². The number of rotatable bonds is 6. The first kappa shape index (κ1) is 16.8. The fourth-order valence-corrected chi connectivity index (χ4v) is 2.82. The van der Waals surface area contributed by atoms with E-state index in [4.69, 9.17) is 16.3 Å². The van der Waals surface area contributed by atoms with Crippen molar-refractivity contribution in [3.05, 3.63) is 59.1 Å². The van der Waals surface area contributed by atoms with Crippen molar-refractivity contribution in [2.24, 2.45) is 11.8 Å². The van der Waals surface area contributed by atoms with E-state index in [1.54, 1.807) is 0 Å². The number of hydrogen-bond donors (Lipinski definition) is 2. The van der Waals surface area contributed by atoms with E-state index in [0.29, 0.717) is 29.0 Å². The summed E-state index contributed by atoms with van der Waals surface area (Å²) < 4.78 is 5.87. The summed E-state index contributed by atoms with van der Waals surface area (Å²) in [4.78, 5) is 12.4. The summed E-state index contributed by atoms with van der Waals surface area (Å²) in [5, 5.41) is 6.87. The van der Waals surface area contributed by atoms with Gasteiger partial charge < -0.3 is 15.4 Å². The average molecular weight is 345 g/mol. The van der Waals surface area contributed by atoms with Crippen LogP contribution in [0.3, 0.4) is 0 Å². The molecule has 126 valence electrons. The van der Waals surface area contributed by atoms with Gasteiger partial charge in [0.05, 0.1) is 5.69 Å². The van der Waals surface area contributed by atoms with Crippen molar-refractivity contribution in [3.63, 3.8) is 0 Å². The van der Waals surface area contributed by atoms with Gasteiger partial charge in [0.2, 0.25) is 5.91 Å². The molecular weight excluding hydrogens is 324 g/mol. The Balaban J connectivity index is 1.65. The molecule has 1 aliphatic heterocycles. The van der Waals surface area contributed by atoms with Gasteiger partial charge in [0.15, 0.2) is 0 Å². The van der Waals surface area contributed by atoms with Crippen molar-refractivity contribution in [2.75, 3.05) is 18.4 Å². The molecule has 2 aromatic rings. The van der Waals surface area contributed by atoms with Crippen LogP contribution < -0.4 is 15.4 Å². The molecule has 1 unspecified atom stereocenters. The smallest absolute Gasteiger partial charge is 0.227 e. The van der Waals surface area contributed by atoms with Crippen LogP contribution in [-0.4, -0.2) is 19.0 Å². The Labute approximate surface area is 147 Å². The maximum Gasteiger partial charge on any atom is 0.227 e. The van der Waals surface area contributed by atoms with Gasteiger partial charge in [-0.2, -0.15) is 0 Å². The molecule has 1 heterocycles.